The van der Waals surface area contributed by atoms with Crippen molar-refractivity contribution < 1.29 is 9.59 Å². The van der Waals surface area contributed by atoms with Crippen LogP contribution in [0.4, 0.5) is 0 Å². The van der Waals surface area contributed by atoms with E-state index >= 15 is 0 Å². The van der Waals surface area contributed by atoms with Crippen molar-refractivity contribution in [2.24, 2.45) is 17.6 Å². The normalized spacial score (nSPS) is 20.7. The Hall–Kier alpha value is -1.30. The molecule has 1 aromatic rings. The van der Waals surface area contributed by atoms with Crippen molar-refractivity contribution in [3.63, 3.8) is 0 Å². The van der Waals surface area contributed by atoms with Gasteiger partial charge in [0.2, 0.25) is 11.8 Å². The van der Waals surface area contributed by atoms with Gasteiger partial charge in [-0.25, -0.2) is 0 Å². The highest BCUT2D eigenvalue weighted by Gasteiger charge is 2.35. The molecule has 0 radical (unpaired) electrons. The maximum Gasteiger partial charge on any atom is 0.247 e. The quantitative estimate of drug-likeness (QED) is 0.701. The van der Waals surface area contributed by atoms with E-state index < -0.39 is 11.4 Å². The summed E-state index contributed by atoms with van der Waals surface area (Å²) in [4.78, 5) is 24.5. The highest BCUT2D eigenvalue weighted by molar-refractivity contribution is 6.30. The van der Waals surface area contributed by atoms with E-state index in [4.69, 9.17) is 17.3 Å². The second-order valence-corrected chi connectivity index (χ2v) is 7.27. The van der Waals surface area contributed by atoms with Gasteiger partial charge in [0.25, 0.3) is 0 Å². The Kier molecular flexibility index (Phi) is 8.19. The molecular formula is C18H27Cl2N3O2. The van der Waals surface area contributed by atoms with Gasteiger partial charge < -0.3 is 16.4 Å². The van der Waals surface area contributed by atoms with Crippen molar-refractivity contribution in [3.05, 3.63) is 34.9 Å². The Balaban J connectivity index is 0.00000312. The first kappa shape index (κ1) is 21.7. The van der Waals surface area contributed by atoms with Gasteiger partial charge in [-0.3, -0.25) is 9.59 Å². The van der Waals surface area contributed by atoms with E-state index in [9.17, 15) is 9.59 Å². The molecule has 140 valence electrons. The minimum absolute atomic E-state index is 0. The molecule has 0 bridgehead atoms. The molecule has 2 amide bonds. The average molecular weight is 388 g/mol. The number of carbonyl (C=O) groups is 2. The van der Waals surface area contributed by atoms with Crippen LogP contribution >= 0.6 is 24.0 Å². The molecule has 2 rings (SSSR count). The predicted octanol–water partition coefficient (Wildman–Crippen LogP) is 2.60. The Morgan fingerprint density at radius 1 is 1.48 bits per heavy atom. The summed E-state index contributed by atoms with van der Waals surface area (Å²) in [6.07, 6.45) is 2.64. The van der Waals surface area contributed by atoms with Crippen LogP contribution in [0.25, 0.3) is 0 Å². The summed E-state index contributed by atoms with van der Waals surface area (Å²) < 4.78 is 0. The first-order chi connectivity index (χ1) is 11.3. The van der Waals surface area contributed by atoms with Gasteiger partial charge in [0.15, 0.2) is 0 Å². The lowest BCUT2D eigenvalue weighted by molar-refractivity contribution is -0.132. The van der Waals surface area contributed by atoms with Crippen LogP contribution in [0.1, 0.15) is 38.7 Å². The zero-order chi connectivity index (χ0) is 17.7. The SMILES string of the molecule is CC(CC(=O)NC(C)(C(N)=O)c1cccc(Cl)c1)C1CCCNC1.Cl. The van der Waals surface area contributed by atoms with Gasteiger partial charge in [-0.2, -0.15) is 0 Å². The third-order valence-electron chi connectivity index (χ3n) is 4.93. The number of piperidine rings is 1. The first-order valence-corrected chi connectivity index (χ1v) is 8.78. The summed E-state index contributed by atoms with van der Waals surface area (Å²) in [5.41, 5.74) is 4.88. The number of amides is 2. The molecule has 1 saturated heterocycles. The van der Waals surface area contributed by atoms with Crippen LogP contribution in [0, 0.1) is 11.8 Å². The number of hydrogen-bond acceptors (Lipinski definition) is 3. The summed E-state index contributed by atoms with van der Waals surface area (Å²) in [5, 5.41) is 6.68. The number of hydrogen-bond donors (Lipinski definition) is 3. The van der Waals surface area contributed by atoms with Crippen molar-refractivity contribution in [1.29, 1.82) is 0 Å². The van der Waals surface area contributed by atoms with Crippen molar-refractivity contribution >= 4 is 35.8 Å². The van der Waals surface area contributed by atoms with Gasteiger partial charge in [0.1, 0.15) is 5.54 Å². The predicted molar refractivity (Wildman–Crippen MR) is 103 cm³/mol. The van der Waals surface area contributed by atoms with Crippen LogP contribution in [0.15, 0.2) is 24.3 Å². The van der Waals surface area contributed by atoms with Crippen LogP contribution < -0.4 is 16.4 Å². The first-order valence-electron chi connectivity index (χ1n) is 8.40. The molecule has 1 aliphatic rings. The number of benzene rings is 1. The minimum Gasteiger partial charge on any atom is -0.367 e. The van der Waals surface area contributed by atoms with Crippen molar-refractivity contribution in [1.82, 2.24) is 10.6 Å². The van der Waals surface area contributed by atoms with E-state index in [1.807, 2.05) is 0 Å². The number of primary amides is 1. The molecule has 7 heteroatoms. The summed E-state index contributed by atoms with van der Waals surface area (Å²) in [7, 11) is 0. The molecular weight excluding hydrogens is 361 g/mol. The molecule has 3 atom stereocenters. The number of rotatable bonds is 6. The summed E-state index contributed by atoms with van der Waals surface area (Å²) >= 11 is 6.01. The number of nitrogens with one attached hydrogen (secondary N) is 2. The molecule has 25 heavy (non-hydrogen) atoms. The van der Waals surface area contributed by atoms with Crippen molar-refractivity contribution in [2.75, 3.05) is 13.1 Å². The monoisotopic (exact) mass is 387 g/mol. The zero-order valence-electron chi connectivity index (χ0n) is 14.7. The lowest BCUT2D eigenvalue weighted by atomic mass is 9.84. The second-order valence-electron chi connectivity index (χ2n) is 6.84. The molecule has 3 unspecified atom stereocenters. The van der Waals surface area contributed by atoms with Crippen LogP contribution in [-0.2, 0) is 15.1 Å². The Bertz CT molecular complexity index is 606. The van der Waals surface area contributed by atoms with E-state index in [-0.39, 0.29) is 24.2 Å². The lowest BCUT2D eigenvalue weighted by Crippen LogP contribution is -2.53. The maximum absolute atomic E-state index is 12.5. The lowest BCUT2D eigenvalue weighted by Gasteiger charge is -2.31. The third-order valence-corrected chi connectivity index (χ3v) is 5.17. The van der Waals surface area contributed by atoms with E-state index in [1.165, 1.54) is 0 Å². The molecule has 1 fully saturated rings. The van der Waals surface area contributed by atoms with E-state index in [1.54, 1.807) is 31.2 Å². The second kappa shape index (κ2) is 9.41. The van der Waals surface area contributed by atoms with Crippen molar-refractivity contribution in [2.45, 2.75) is 38.6 Å². The largest absolute Gasteiger partial charge is 0.367 e. The van der Waals surface area contributed by atoms with Crippen LogP contribution in [0.2, 0.25) is 5.02 Å². The van der Waals surface area contributed by atoms with Crippen LogP contribution in [0.5, 0.6) is 0 Å². The fourth-order valence-corrected chi connectivity index (χ4v) is 3.42. The fraction of sp³-hybridized carbons (Fsp3) is 0.556. The molecule has 1 aliphatic heterocycles. The number of halogens is 2. The highest BCUT2D eigenvalue weighted by atomic mass is 35.5. The maximum atomic E-state index is 12.5. The smallest absolute Gasteiger partial charge is 0.247 e. The minimum atomic E-state index is -1.27. The van der Waals surface area contributed by atoms with Gasteiger partial charge in [0, 0.05) is 11.4 Å². The zero-order valence-corrected chi connectivity index (χ0v) is 16.3. The van der Waals surface area contributed by atoms with Gasteiger partial charge in [0.05, 0.1) is 0 Å². The Labute approximate surface area is 160 Å². The van der Waals surface area contributed by atoms with E-state index in [0.717, 1.165) is 25.9 Å². The van der Waals surface area contributed by atoms with E-state index in [2.05, 4.69) is 17.6 Å². The summed E-state index contributed by atoms with van der Waals surface area (Å²) in [5.74, 6) is -0.0516. The number of nitrogens with two attached hydrogens (primary N) is 1. The highest BCUT2D eigenvalue weighted by Crippen LogP contribution is 2.26. The van der Waals surface area contributed by atoms with Gasteiger partial charge in [-0.05, 0) is 62.4 Å². The van der Waals surface area contributed by atoms with Crippen molar-refractivity contribution in [3.8, 4) is 0 Å². The third kappa shape index (κ3) is 5.59. The molecule has 1 heterocycles. The topological polar surface area (TPSA) is 84.2 Å². The Morgan fingerprint density at radius 2 is 2.20 bits per heavy atom. The van der Waals surface area contributed by atoms with Crippen LogP contribution in [0.3, 0.4) is 0 Å². The molecule has 0 spiro atoms. The number of carbonyl (C=O) groups excluding carboxylic acids is 2. The molecule has 1 aromatic carbocycles. The van der Waals surface area contributed by atoms with Gasteiger partial charge in [-0.15, -0.1) is 12.4 Å². The van der Waals surface area contributed by atoms with Crippen LogP contribution in [-0.4, -0.2) is 24.9 Å². The molecule has 0 saturated carbocycles. The van der Waals surface area contributed by atoms with Gasteiger partial charge >= 0.3 is 0 Å². The van der Waals surface area contributed by atoms with Gasteiger partial charge in [-0.1, -0.05) is 30.7 Å². The molecule has 5 nitrogen and oxygen atoms in total. The average Bonchev–Trinajstić information content (AvgIpc) is 2.55. The standard InChI is InChI=1S/C18H26ClN3O2.ClH/c1-12(13-5-4-8-21-11-13)9-16(23)22-18(2,17(20)24)14-6-3-7-15(19)10-14;/h3,6-7,10,12-13,21H,4-5,8-9,11H2,1-2H3,(H2,20,24)(H,22,23);1H. The Morgan fingerprint density at radius 3 is 2.76 bits per heavy atom. The molecule has 4 N–H and O–H groups in total. The molecule has 0 aromatic heterocycles. The fourth-order valence-electron chi connectivity index (χ4n) is 3.23. The summed E-state index contributed by atoms with van der Waals surface area (Å²) in [6, 6.07) is 6.85. The van der Waals surface area contributed by atoms with E-state index in [0.29, 0.717) is 22.9 Å². The summed E-state index contributed by atoms with van der Waals surface area (Å²) in [6.45, 7) is 5.68. The molecule has 0 aliphatic carbocycles.